The van der Waals surface area contributed by atoms with Crippen LogP contribution in [0.15, 0.2) is 18.2 Å². The summed E-state index contributed by atoms with van der Waals surface area (Å²) in [5, 5.41) is 10.5. The maximum atomic E-state index is 11.4. The van der Waals surface area contributed by atoms with E-state index >= 15 is 0 Å². The Labute approximate surface area is 102 Å². The molecule has 0 atom stereocenters. The van der Waals surface area contributed by atoms with E-state index in [1.807, 2.05) is 0 Å². The summed E-state index contributed by atoms with van der Waals surface area (Å²) >= 11 is 9.46. The Morgan fingerprint density at radius 2 is 2.25 bits per heavy atom. The van der Waals surface area contributed by atoms with Crippen molar-refractivity contribution >= 4 is 35.9 Å². The van der Waals surface area contributed by atoms with Gasteiger partial charge in [-0.15, -0.1) is 0 Å². The van der Waals surface area contributed by atoms with Gasteiger partial charge in [0.15, 0.2) is 0 Å². The molecule has 0 aliphatic rings. The average Bonchev–Trinajstić information content (AvgIpc) is 2.26. The smallest absolute Gasteiger partial charge is 0.338 e. The SMILES string of the molecule is O=C(OCCS)c1ccc(Cl)c([N+](=O)[O-])c1. The quantitative estimate of drug-likeness (QED) is 0.391. The van der Waals surface area contributed by atoms with Crippen molar-refractivity contribution in [2.45, 2.75) is 0 Å². The first-order chi connectivity index (χ1) is 7.56. The molecule has 0 fully saturated rings. The lowest BCUT2D eigenvalue weighted by atomic mass is 10.2. The summed E-state index contributed by atoms with van der Waals surface area (Å²) < 4.78 is 4.77. The van der Waals surface area contributed by atoms with Gasteiger partial charge in [0, 0.05) is 11.8 Å². The number of ether oxygens (including phenoxy) is 1. The third kappa shape index (κ3) is 3.11. The second-order valence-corrected chi connectivity index (χ2v) is 3.64. The van der Waals surface area contributed by atoms with Gasteiger partial charge in [0.2, 0.25) is 0 Å². The third-order valence-corrected chi connectivity index (χ3v) is 2.21. The molecule has 0 aliphatic heterocycles. The van der Waals surface area contributed by atoms with Gasteiger partial charge in [-0.1, -0.05) is 11.6 Å². The predicted octanol–water partition coefficient (Wildman–Crippen LogP) is 2.33. The Balaban J connectivity index is 2.94. The molecule has 0 aliphatic carbocycles. The van der Waals surface area contributed by atoms with E-state index in [4.69, 9.17) is 16.3 Å². The highest BCUT2D eigenvalue weighted by Gasteiger charge is 2.16. The minimum Gasteiger partial charge on any atom is -0.461 e. The summed E-state index contributed by atoms with van der Waals surface area (Å²) in [6.45, 7) is 0.151. The topological polar surface area (TPSA) is 69.4 Å². The number of hydrogen-bond acceptors (Lipinski definition) is 5. The third-order valence-electron chi connectivity index (χ3n) is 1.70. The van der Waals surface area contributed by atoms with Crippen LogP contribution < -0.4 is 0 Å². The van der Waals surface area contributed by atoms with Crippen LogP contribution in [0.3, 0.4) is 0 Å². The molecule has 0 saturated heterocycles. The number of nitro benzene ring substituents is 1. The second-order valence-electron chi connectivity index (χ2n) is 2.78. The first-order valence-corrected chi connectivity index (χ1v) is 5.29. The van der Waals surface area contributed by atoms with Crippen LogP contribution in [-0.2, 0) is 4.74 Å². The van der Waals surface area contributed by atoms with Gasteiger partial charge in [-0.05, 0) is 12.1 Å². The van der Waals surface area contributed by atoms with Crippen LogP contribution in [-0.4, -0.2) is 23.3 Å². The molecule has 1 rings (SSSR count). The highest BCUT2D eigenvalue weighted by atomic mass is 35.5. The summed E-state index contributed by atoms with van der Waals surface area (Å²) in [4.78, 5) is 21.3. The van der Waals surface area contributed by atoms with Gasteiger partial charge in [0.1, 0.15) is 11.6 Å². The van der Waals surface area contributed by atoms with E-state index in [9.17, 15) is 14.9 Å². The van der Waals surface area contributed by atoms with Crippen molar-refractivity contribution in [1.82, 2.24) is 0 Å². The van der Waals surface area contributed by atoms with Crippen LogP contribution in [0.1, 0.15) is 10.4 Å². The van der Waals surface area contributed by atoms with E-state index in [0.29, 0.717) is 5.75 Å². The van der Waals surface area contributed by atoms with Crippen molar-refractivity contribution in [1.29, 1.82) is 0 Å². The molecule has 0 unspecified atom stereocenters. The molecule has 0 spiro atoms. The maximum absolute atomic E-state index is 11.4. The molecule has 0 bridgehead atoms. The minimum atomic E-state index is -0.655. The molecule has 1 aromatic carbocycles. The number of rotatable bonds is 4. The Kier molecular flexibility index (Phi) is 4.57. The summed E-state index contributed by atoms with van der Waals surface area (Å²) in [6.07, 6.45) is 0. The lowest BCUT2D eigenvalue weighted by Crippen LogP contribution is -2.07. The molecule has 1 aromatic rings. The number of esters is 1. The largest absolute Gasteiger partial charge is 0.461 e. The van der Waals surface area contributed by atoms with Gasteiger partial charge in [-0.3, -0.25) is 10.1 Å². The molecule has 5 nitrogen and oxygen atoms in total. The second kappa shape index (κ2) is 5.72. The van der Waals surface area contributed by atoms with Crippen LogP contribution in [0.2, 0.25) is 5.02 Å². The number of halogens is 1. The molecule has 16 heavy (non-hydrogen) atoms. The zero-order chi connectivity index (χ0) is 12.1. The zero-order valence-corrected chi connectivity index (χ0v) is 9.70. The number of thiol groups is 1. The molecular formula is C9H8ClNO4S. The number of carbonyl (C=O) groups excluding carboxylic acids is 1. The standard InChI is InChI=1S/C9H8ClNO4S/c10-7-2-1-6(5-8(7)11(13)14)9(12)15-3-4-16/h1-2,5,16H,3-4H2. The molecular weight excluding hydrogens is 254 g/mol. The van der Waals surface area contributed by atoms with Crippen LogP contribution >= 0.6 is 24.2 Å². The summed E-state index contributed by atoms with van der Waals surface area (Å²) in [7, 11) is 0. The highest BCUT2D eigenvalue weighted by Crippen LogP contribution is 2.25. The van der Waals surface area contributed by atoms with E-state index in [1.165, 1.54) is 12.1 Å². The van der Waals surface area contributed by atoms with Crippen molar-refractivity contribution in [3.8, 4) is 0 Å². The fourth-order valence-corrected chi connectivity index (χ4v) is 1.28. The van der Waals surface area contributed by atoms with Crippen molar-refractivity contribution in [3.63, 3.8) is 0 Å². The van der Waals surface area contributed by atoms with E-state index in [-0.39, 0.29) is 22.9 Å². The molecule has 86 valence electrons. The fraction of sp³-hybridized carbons (Fsp3) is 0.222. The maximum Gasteiger partial charge on any atom is 0.338 e. The number of nitrogens with zero attached hydrogens (tertiary/aromatic N) is 1. The summed E-state index contributed by atoms with van der Waals surface area (Å²) in [6, 6.07) is 3.75. The zero-order valence-electron chi connectivity index (χ0n) is 8.05. The van der Waals surface area contributed by atoms with Crippen molar-refractivity contribution in [3.05, 3.63) is 38.9 Å². The number of benzene rings is 1. The van der Waals surface area contributed by atoms with Crippen molar-refractivity contribution in [2.24, 2.45) is 0 Å². The van der Waals surface area contributed by atoms with Crippen molar-refractivity contribution < 1.29 is 14.5 Å². The first kappa shape index (κ1) is 12.8. The molecule has 7 heteroatoms. The highest BCUT2D eigenvalue weighted by molar-refractivity contribution is 7.80. The lowest BCUT2D eigenvalue weighted by Gasteiger charge is -2.03. The molecule has 0 radical (unpaired) electrons. The summed E-state index contributed by atoms with van der Waals surface area (Å²) in [5.74, 6) is -0.240. The molecule has 0 amide bonds. The van der Waals surface area contributed by atoms with E-state index in [0.717, 1.165) is 6.07 Å². The van der Waals surface area contributed by atoms with Crippen molar-refractivity contribution in [2.75, 3.05) is 12.4 Å². The van der Waals surface area contributed by atoms with Gasteiger partial charge >= 0.3 is 5.97 Å². The van der Waals surface area contributed by atoms with Crippen LogP contribution in [0.5, 0.6) is 0 Å². The predicted molar refractivity (Wildman–Crippen MR) is 62.2 cm³/mol. The Hall–Kier alpha value is -1.27. The van der Waals surface area contributed by atoms with Crippen LogP contribution in [0, 0.1) is 10.1 Å². The number of carbonyl (C=O) groups is 1. The van der Waals surface area contributed by atoms with E-state index in [2.05, 4.69) is 12.6 Å². The summed E-state index contributed by atoms with van der Waals surface area (Å²) in [5.41, 5.74) is -0.222. The van der Waals surface area contributed by atoms with E-state index in [1.54, 1.807) is 0 Å². The Morgan fingerprint density at radius 1 is 1.56 bits per heavy atom. The van der Waals surface area contributed by atoms with Gasteiger partial charge in [0.05, 0.1) is 10.5 Å². The number of nitro groups is 1. The minimum absolute atomic E-state index is 0.0178. The van der Waals surface area contributed by atoms with Gasteiger partial charge in [-0.25, -0.2) is 4.79 Å². The first-order valence-electron chi connectivity index (χ1n) is 4.28. The van der Waals surface area contributed by atoms with Gasteiger partial charge in [0.25, 0.3) is 5.69 Å². The van der Waals surface area contributed by atoms with Crippen LogP contribution in [0.4, 0.5) is 5.69 Å². The molecule has 0 aromatic heterocycles. The Morgan fingerprint density at radius 3 is 2.81 bits per heavy atom. The average molecular weight is 262 g/mol. The van der Waals surface area contributed by atoms with Gasteiger partial charge in [-0.2, -0.15) is 12.6 Å². The van der Waals surface area contributed by atoms with Gasteiger partial charge < -0.3 is 4.74 Å². The Bertz CT molecular complexity index is 424. The fourth-order valence-electron chi connectivity index (χ4n) is 1.00. The normalized spacial score (nSPS) is 9.88. The van der Waals surface area contributed by atoms with Crippen LogP contribution in [0.25, 0.3) is 0 Å². The van der Waals surface area contributed by atoms with E-state index < -0.39 is 10.9 Å². The molecule has 0 heterocycles. The molecule has 0 saturated carbocycles. The monoisotopic (exact) mass is 261 g/mol. The molecule has 0 N–H and O–H groups in total. The number of hydrogen-bond donors (Lipinski definition) is 1. The lowest BCUT2D eigenvalue weighted by molar-refractivity contribution is -0.384.